The van der Waals surface area contributed by atoms with Crippen molar-refractivity contribution in [3.05, 3.63) is 36.4 Å². The van der Waals surface area contributed by atoms with E-state index >= 15 is 0 Å². The van der Waals surface area contributed by atoms with Crippen LogP contribution in [0.1, 0.15) is 23.3 Å². The number of nitrogens with zero attached hydrogens (tertiary/aromatic N) is 3. The Balaban J connectivity index is 1.44. The minimum Gasteiger partial charge on any atom is -0.445 e. The highest BCUT2D eigenvalue weighted by Crippen LogP contribution is 2.28. The number of nitrogens with one attached hydrogen (secondary N) is 2. The number of carbonyl (C=O) groups excluding carboxylic acids is 1. The number of aromatic amines is 1. The Morgan fingerprint density at radius 1 is 1.32 bits per heavy atom. The molecule has 128 valence electrons. The lowest BCUT2D eigenvalue weighted by atomic mass is 9.84. The number of hydrogen-bond acceptors (Lipinski definition) is 5. The smallest absolute Gasteiger partial charge is 0.272 e. The summed E-state index contributed by atoms with van der Waals surface area (Å²) < 4.78 is 5.35. The van der Waals surface area contributed by atoms with Crippen molar-refractivity contribution in [2.24, 2.45) is 5.92 Å². The lowest BCUT2D eigenvalue weighted by molar-refractivity contribution is 0.0618. The number of H-pyrrole nitrogens is 1. The van der Waals surface area contributed by atoms with Crippen molar-refractivity contribution in [3.8, 4) is 11.5 Å². The molecule has 7 heteroatoms. The molecule has 0 radical (unpaired) electrons. The highest BCUT2D eigenvalue weighted by molar-refractivity contribution is 6.05. The zero-order valence-electron chi connectivity index (χ0n) is 13.7. The predicted molar refractivity (Wildman–Crippen MR) is 92.0 cm³/mol. The summed E-state index contributed by atoms with van der Waals surface area (Å²) in [4.78, 5) is 19.4. The summed E-state index contributed by atoms with van der Waals surface area (Å²) in [6, 6.07) is 5.92. The molecule has 1 aromatic carbocycles. The van der Waals surface area contributed by atoms with E-state index in [9.17, 15) is 4.79 Å². The molecule has 3 saturated heterocycles. The molecule has 2 bridgehead atoms. The van der Waals surface area contributed by atoms with Crippen molar-refractivity contribution in [1.29, 1.82) is 0 Å². The van der Waals surface area contributed by atoms with E-state index in [-0.39, 0.29) is 11.9 Å². The topological polar surface area (TPSA) is 87.0 Å². The number of fused-ring (bicyclic) bond motifs is 4. The molecule has 3 aliphatic rings. The number of aromatic nitrogens is 3. The van der Waals surface area contributed by atoms with Crippen LogP contribution in [0.3, 0.4) is 0 Å². The Bertz CT molecular complexity index is 909. The second-order valence-electron chi connectivity index (χ2n) is 6.89. The molecule has 1 atom stereocenters. The maximum absolute atomic E-state index is 12.8. The fourth-order valence-corrected chi connectivity index (χ4v) is 4.05. The monoisotopic (exact) mass is 337 g/mol. The van der Waals surface area contributed by atoms with Crippen LogP contribution in [0, 0.1) is 5.92 Å². The molecule has 0 saturated carbocycles. The molecule has 25 heavy (non-hydrogen) atoms. The van der Waals surface area contributed by atoms with E-state index < -0.39 is 0 Å². The summed E-state index contributed by atoms with van der Waals surface area (Å²) in [7, 11) is 0. The van der Waals surface area contributed by atoms with Gasteiger partial charge in [-0.15, -0.1) is 0 Å². The van der Waals surface area contributed by atoms with Gasteiger partial charge < -0.3 is 14.6 Å². The van der Waals surface area contributed by atoms with Crippen LogP contribution >= 0.6 is 0 Å². The van der Waals surface area contributed by atoms with E-state index in [1.165, 1.54) is 19.1 Å². The van der Waals surface area contributed by atoms with Crippen LogP contribution < -0.4 is 5.32 Å². The summed E-state index contributed by atoms with van der Waals surface area (Å²) in [5, 5.41) is 11.2. The fraction of sp³-hybridized carbons (Fsp3) is 0.389. The second-order valence-corrected chi connectivity index (χ2v) is 6.89. The number of amides is 1. The van der Waals surface area contributed by atoms with Gasteiger partial charge >= 0.3 is 0 Å². The molecule has 7 nitrogen and oxygen atoms in total. The Morgan fingerprint density at radius 2 is 2.20 bits per heavy atom. The highest BCUT2D eigenvalue weighted by atomic mass is 16.3. The maximum Gasteiger partial charge on any atom is 0.272 e. The molecule has 3 fully saturated rings. The van der Waals surface area contributed by atoms with Gasteiger partial charge in [0.15, 0.2) is 5.69 Å². The van der Waals surface area contributed by atoms with Gasteiger partial charge in [-0.3, -0.25) is 9.89 Å². The van der Waals surface area contributed by atoms with Crippen molar-refractivity contribution in [2.75, 3.05) is 19.6 Å². The fourth-order valence-electron chi connectivity index (χ4n) is 4.05. The van der Waals surface area contributed by atoms with Crippen molar-refractivity contribution in [1.82, 2.24) is 25.4 Å². The average Bonchev–Trinajstić information content (AvgIpc) is 3.32. The Kier molecular flexibility index (Phi) is 3.34. The van der Waals surface area contributed by atoms with Crippen LogP contribution in [-0.2, 0) is 0 Å². The van der Waals surface area contributed by atoms with Gasteiger partial charge in [-0.1, -0.05) is 0 Å². The quantitative estimate of drug-likeness (QED) is 0.764. The van der Waals surface area contributed by atoms with Gasteiger partial charge in [-0.2, -0.15) is 5.10 Å². The highest BCUT2D eigenvalue weighted by Gasteiger charge is 2.35. The van der Waals surface area contributed by atoms with E-state index in [0.29, 0.717) is 17.5 Å². The molecule has 5 heterocycles. The Morgan fingerprint density at radius 3 is 2.92 bits per heavy atom. The first-order valence-corrected chi connectivity index (χ1v) is 8.69. The zero-order valence-corrected chi connectivity index (χ0v) is 13.7. The molecule has 0 aliphatic carbocycles. The standard InChI is InChI=1S/C18H19N5O2/c24-17(20-15-10-23-6-3-11(15)4-7-23)16-13-9-12(18-19-5-8-25-18)1-2-14(13)21-22-16/h1-2,5,8-9,11,15H,3-4,6-7,10H2,(H,20,24)(H,21,22). The summed E-state index contributed by atoms with van der Waals surface area (Å²) >= 11 is 0. The van der Waals surface area contributed by atoms with Crippen molar-refractivity contribution >= 4 is 16.8 Å². The Labute approximate surface area is 144 Å². The van der Waals surface area contributed by atoms with Crippen molar-refractivity contribution < 1.29 is 9.21 Å². The lowest BCUT2D eigenvalue weighted by Gasteiger charge is -2.44. The Hall–Kier alpha value is -2.67. The largest absolute Gasteiger partial charge is 0.445 e. The number of oxazole rings is 1. The SMILES string of the molecule is O=C(NC1CN2CCC1CC2)c1n[nH]c2ccc(-c3ncco3)cc12. The summed E-state index contributed by atoms with van der Waals surface area (Å²) in [6.45, 7) is 3.25. The van der Waals surface area contributed by atoms with Gasteiger partial charge in [0.1, 0.15) is 6.26 Å². The third-order valence-corrected chi connectivity index (χ3v) is 5.43. The van der Waals surface area contributed by atoms with E-state index in [4.69, 9.17) is 4.42 Å². The van der Waals surface area contributed by atoms with Gasteiger partial charge in [-0.05, 0) is 50.0 Å². The maximum atomic E-state index is 12.8. The zero-order chi connectivity index (χ0) is 16.8. The van der Waals surface area contributed by atoms with Crippen molar-refractivity contribution in [2.45, 2.75) is 18.9 Å². The van der Waals surface area contributed by atoms with Gasteiger partial charge in [-0.25, -0.2) is 4.98 Å². The molecular weight excluding hydrogens is 318 g/mol. The molecule has 1 amide bonds. The van der Waals surface area contributed by atoms with Gasteiger partial charge in [0.25, 0.3) is 5.91 Å². The molecule has 3 aliphatic heterocycles. The molecule has 1 unspecified atom stereocenters. The van der Waals surface area contributed by atoms with Crippen LogP contribution in [0.15, 0.2) is 35.1 Å². The molecule has 6 rings (SSSR count). The summed E-state index contributed by atoms with van der Waals surface area (Å²) in [6.07, 6.45) is 5.48. The van der Waals surface area contributed by atoms with E-state index in [1.807, 2.05) is 18.2 Å². The third-order valence-electron chi connectivity index (χ3n) is 5.43. The number of benzene rings is 1. The van der Waals surface area contributed by atoms with Gasteiger partial charge in [0.2, 0.25) is 5.89 Å². The second kappa shape index (κ2) is 5.70. The number of hydrogen-bond donors (Lipinski definition) is 2. The summed E-state index contributed by atoms with van der Waals surface area (Å²) in [5.74, 6) is 1.00. The van der Waals surface area contributed by atoms with Crippen LogP contribution in [-0.4, -0.2) is 51.7 Å². The minimum atomic E-state index is -0.116. The lowest BCUT2D eigenvalue weighted by Crippen LogP contribution is -2.57. The normalized spacial score (nSPS) is 25.4. The molecule has 2 aromatic heterocycles. The van der Waals surface area contributed by atoms with E-state index in [1.54, 1.807) is 6.20 Å². The first-order valence-electron chi connectivity index (χ1n) is 8.69. The number of rotatable bonds is 3. The average molecular weight is 337 g/mol. The van der Waals surface area contributed by atoms with E-state index in [0.717, 1.165) is 36.1 Å². The van der Waals surface area contributed by atoms with Gasteiger partial charge in [0.05, 0.1) is 11.7 Å². The van der Waals surface area contributed by atoms with Crippen LogP contribution in [0.2, 0.25) is 0 Å². The minimum absolute atomic E-state index is 0.116. The molecule has 3 aromatic rings. The molecule has 2 N–H and O–H groups in total. The molecule has 0 spiro atoms. The first-order chi connectivity index (χ1) is 12.3. The predicted octanol–water partition coefficient (Wildman–Crippen LogP) is 2.04. The molecular formula is C18H19N5O2. The summed E-state index contributed by atoms with van der Waals surface area (Å²) in [5.41, 5.74) is 2.09. The number of piperidine rings is 3. The first kappa shape index (κ1) is 14.7. The van der Waals surface area contributed by atoms with E-state index in [2.05, 4.69) is 25.4 Å². The van der Waals surface area contributed by atoms with Gasteiger partial charge in [0, 0.05) is 23.5 Å². The van der Waals surface area contributed by atoms with Crippen molar-refractivity contribution in [3.63, 3.8) is 0 Å². The van der Waals surface area contributed by atoms with Crippen LogP contribution in [0.25, 0.3) is 22.4 Å². The third kappa shape index (κ3) is 2.51. The van der Waals surface area contributed by atoms with Crippen LogP contribution in [0.5, 0.6) is 0 Å². The van der Waals surface area contributed by atoms with Crippen LogP contribution in [0.4, 0.5) is 0 Å². The number of carbonyl (C=O) groups is 1.